The summed E-state index contributed by atoms with van der Waals surface area (Å²) in [5.41, 5.74) is 3.41. The van der Waals surface area contributed by atoms with Gasteiger partial charge < -0.3 is 24.3 Å². The molecule has 7 rings (SSSR count). The number of halogens is 2. The van der Waals surface area contributed by atoms with Crippen LogP contribution >= 0.6 is 54.5 Å². The Morgan fingerprint density at radius 1 is 0.729 bits per heavy atom. The summed E-state index contributed by atoms with van der Waals surface area (Å²) in [6.45, 7) is 6.36. The first-order chi connectivity index (χ1) is 28.3. The van der Waals surface area contributed by atoms with Gasteiger partial charge in [-0.05, 0) is 63.8 Å². The second kappa shape index (κ2) is 19.3. The molecular formula is C40H40Br2N6O9S2. The number of carbonyl (C=O) groups is 5. The predicted molar refractivity (Wildman–Crippen MR) is 226 cm³/mol. The zero-order chi connectivity index (χ0) is 42.4. The van der Waals surface area contributed by atoms with Crippen molar-refractivity contribution in [1.82, 2.24) is 24.6 Å². The number of rotatable bonds is 8. The Morgan fingerprint density at radius 3 is 1.78 bits per heavy atom. The first-order valence-corrected chi connectivity index (χ1v) is 21.4. The highest BCUT2D eigenvalue weighted by atomic mass is 79.9. The summed E-state index contributed by atoms with van der Waals surface area (Å²) in [6, 6.07) is 17.0. The zero-order valence-electron chi connectivity index (χ0n) is 32.7. The van der Waals surface area contributed by atoms with Crippen LogP contribution in [-0.2, 0) is 59.6 Å². The Balaban J connectivity index is 0.000000199. The molecule has 3 aromatic heterocycles. The lowest BCUT2D eigenvalue weighted by Crippen LogP contribution is -2.46. The quantitative estimate of drug-likeness (QED) is 0.117. The van der Waals surface area contributed by atoms with Crippen LogP contribution in [0.1, 0.15) is 62.5 Å². The molecule has 0 saturated heterocycles. The van der Waals surface area contributed by atoms with Crippen molar-refractivity contribution < 1.29 is 42.9 Å². The Hall–Kier alpha value is -5.11. The van der Waals surface area contributed by atoms with Crippen molar-refractivity contribution in [3.8, 4) is 5.00 Å². The third-order valence-electron chi connectivity index (χ3n) is 9.54. The molecule has 310 valence electrons. The van der Waals surface area contributed by atoms with E-state index in [1.54, 1.807) is 11.3 Å². The lowest BCUT2D eigenvalue weighted by molar-refractivity contribution is -0.144. The molecule has 2 aromatic carbocycles. The number of thiophene rings is 2. The lowest BCUT2D eigenvalue weighted by Gasteiger charge is -2.28. The smallest absolute Gasteiger partial charge is 0.411 e. The van der Waals surface area contributed by atoms with Gasteiger partial charge in [-0.3, -0.25) is 28.8 Å². The molecule has 3 amide bonds. The number of benzene rings is 2. The standard InChI is InChI=1S/C21H21BrN4O4S.C19H19BrN2O5S/c1-12-18(22)15-10-25(21(28)30-11-14-7-5-4-6-8-14)16(9-17(27)29-3)19-24-23-13(2)26(19)20(15)31-12;1-11-16(20)13-9-22(19(25)27-10-12-6-4-3-5-7-12)14(8-15(23)26-2)17(24)21-18(13)28-11/h4-8,16H,9-11H2,1-3H3;3-7,14H,8-10H2,1-2H3,(H,21,24)/t16-;14-/m00/s1. The van der Waals surface area contributed by atoms with Gasteiger partial charge in [0.2, 0.25) is 5.91 Å². The number of methoxy groups -OCH3 is 2. The van der Waals surface area contributed by atoms with E-state index in [4.69, 9.17) is 18.9 Å². The average molecular weight is 973 g/mol. The maximum atomic E-state index is 13.2. The number of fused-ring (bicyclic) bond motifs is 4. The molecule has 59 heavy (non-hydrogen) atoms. The second-order valence-corrected chi connectivity index (χ2v) is 17.4. The third-order valence-corrected chi connectivity index (χ3v) is 14.4. The van der Waals surface area contributed by atoms with Crippen LogP contribution in [0.4, 0.5) is 14.6 Å². The molecule has 1 N–H and O–H groups in total. The van der Waals surface area contributed by atoms with Crippen LogP contribution in [0.2, 0.25) is 0 Å². The van der Waals surface area contributed by atoms with Crippen LogP contribution in [0.25, 0.3) is 5.00 Å². The number of esters is 2. The van der Waals surface area contributed by atoms with Crippen molar-refractivity contribution in [3.05, 3.63) is 113 Å². The topological polar surface area (TPSA) is 171 Å². The molecule has 19 heteroatoms. The average Bonchev–Trinajstić information content (AvgIpc) is 3.77. The van der Waals surface area contributed by atoms with Crippen molar-refractivity contribution in [2.45, 2.75) is 72.0 Å². The predicted octanol–water partition coefficient (Wildman–Crippen LogP) is 8.31. The van der Waals surface area contributed by atoms with Gasteiger partial charge in [-0.25, -0.2) is 9.59 Å². The monoisotopic (exact) mass is 970 g/mol. The van der Waals surface area contributed by atoms with Crippen LogP contribution in [0.5, 0.6) is 0 Å². The minimum Gasteiger partial charge on any atom is -0.469 e. The summed E-state index contributed by atoms with van der Waals surface area (Å²) in [5, 5.41) is 12.9. The van der Waals surface area contributed by atoms with E-state index in [2.05, 4.69) is 47.4 Å². The number of hydrogen-bond acceptors (Lipinski definition) is 13. The minimum atomic E-state index is -1.03. The molecule has 15 nitrogen and oxygen atoms in total. The normalized spacial score (nSPS) is 15.5. The fourth-order valence-corrected chi connectivity index (χ4v) is 9.90. The molecule has 0 fully saturated rings. The number of nitrogens with one attached hydrogen (secondary N) is 1. The maximum Gasteiger partial charge on any atom is 0.411 e. The zero-order valence-corrected chi connectivity index (χ0v) is 37.5. The van der Waals surface area contributed by atoms with Gasteiger partial charge in [-0.2, -0.15) is 0 Å². The van der Waals surface area contributed by atoms with E-state index in [0.29, 0.717) is 16.6 Å². The molecular weight excluding hydrogens is 932 g/mol. The van der Waals surface area contributed by atoms with Gasteiger partial charge in [0, 0.05) is 29.8 Å². The van der Waals surface area contributed by atoms with Crippen molar-refractivity contribution in [2.75, 3.05) is 19.5 Å². The molecule has 5 heterocycles. The number of hydrogen-bond donors (Lipinski definition) is 1. The number of anilines is 1. The van der Waals surface area contributed by atoms with Gasteiger partial charge in [0.1, 0.15) is 41.1 Å². The summed E-state index contributed by atoms with van der Waals surface area (Å²) in [7, 11) is 2.57. The number of nitrogens with zero attached hydrogens (tertiary/aromatic N) is 5. The molecule has 0 saturated carbocycles. The molecule has 0 spiro atoms. The van der Waals surface area contributed by atoms with Crippen LogP contribution in [-0.4, -0.2) is 74.9 Å². The Morgan fingerprint density at radius 2 is 1.22 bits per heavy atom. The maximum absolute atomic E-state index is 13.2. The van der Waals surface area contributed by atoms with E-state index in [9.17, 15) is 24.0 Å². The lowest BCUT2D eigenvalue weighted by atomic mass is 10.1. The fraction of sp³-hybridized carbons (Fsp3) is 0.325. The molecule has 0 bridgehead atoms. The number of aromatic nitrogens is 3. The van der Waals surface area contributed by atoms with E-state index in [0.717, 1.165) is 46.0 Å². The van der Waals surface area contributed by atoms with E-state index >= 15 is 0 Å². The summed E-state index contributed by atoms with van der Waals surface area (Å²) in [6.07, 6.45) is -1.51. The Bertz CT molecular complexity index is 2350. The SMILES string of the molecule is COC(=O)C[C@H]1C(=O)Nc2sc(C)c(Br)c2CN1C(=O)OCc1ccccc1.COC(=O)C[C@H]1c2nnc(C)n2-c2sc(C)c(Br)c2CN1C(=O)OCc1ccccc1. The first kappa shape index (κ1) is 43.5. The summed E-state index contributed by atoms with van der Waals surface area (Å²) < 4.78 is 24.3. The molecule has 2 aliphatic heterocycles. The molecule has 0 unspecified atom stereocenters. The Labute approximate surface area is 364 Å². The van der Waals surface area contributed by atoms with Gasteiger partial charge in [0.05, 0.1) is 40.2 Å². The largest absolute Gasteiger partial charge is 0.469 e. The van der Waals surface area contributed by atoms with Crippen LogP contribution < -0.4 is 5.32 Å². The summed E-state index contributed by atoms with van der Waals surface area (Å²) in [4.78, 5) is 67.7. The van der Waals surface area contributed by atoms with E-state index in [1.807, 2.05) is 86.0 Å². The number of carbonyl (C=O) groups excluding carboxylic acids is 5. The molecule has 5 aromatic rings. The molecule has 2 atom stereocenters. The highest BCUT2D eigenvalue weighted by Crippen LogP contribution is 2.43. The second-order valence-electron chi connectivity index (χ2n) is 13.4. The van der Waals surface area contributed by atoms with Gasteiger partial charge in [0.15, 0.2) is 5.82 Å². The highest BCUT2D eigenvalue weighted by Gasteiger charge is 2.40. The highest BCUT2D eigenvalue weighted by molar-refractivity contribution is 9.11. The van der Waals surface area contributed by atoms with Crippen molar-refractivity contribution in [1.29, 1.82) is 0 Å². The Kier molecular flexibility index (Phi) is 14.2. The number of aryl methyl sites for hydroxylation is 3. The van der Waals surface area contributed by atoms with E-state index in [-0.39, 0.29) is 39.1 Å². The number of amides is 3. The molecule has 0 aliphatic carbocycles. The molecule has 2 aliphatic rings. The summed E-state index contributed by atoms with van der Waals surface area (Å²) in [5.74, 6) is -0.291. The van der Waals surface area contributed by atoms with Gasteiger partial charge >= 0.3 is 24.1 Å². The first-order valence-electron chi connectivity index (χ1n) is 18.2. The van der Waals surface area contributed by atoms with Crippen molar-refractivity contribution >= 4 is 89.6 Å². The summed E-state index contributed by atoms with van der Waals surface area (Å²) >= 11 is 10.2. The fourth-order valence-electron chi connectivity index (χ4n) is 6.45. The van der Waals surface area contributed by atoms with Crippen LogP contribution in [0.15, 0.2) is 69.6 Å². The van der Waals surface area contributed by atoms with Crippen molar-refractivity contribution in [3.63, 3.8) is 0 Å². The van der Waals surface area contributed by atoms with Gasteiger partial charge in [0.25, 0.3) is 0 Å². The number of ether oxygens (including phenoxy) is 4. The van der Waals surface area contributed by atoms with E-state index < -0.39 is 42.1 Å². The van der Waals surface area contributed by atoms with E-state index in [1.165, 1.54) is 35.4 Å². The minimum absolute atomic E-state index is 0.0549. The van der Waals surface area contributed by atoms with Crippen LogP contribution in [0, 0.1) is 20.8 Å². The van der Waals surface area contributed by atoms with Gasteiger partial charge in [-0.1, -0.05) is 60.7 Å². The van der Waals surface area contributed by atoms with Crippen LogP contribution in [0.3, 0.4) is 0 Å². The van der Waals surface area contributed by atoms with Crippen molar-refractivity contribution in [2.24, 2.45) is 0 Å². The third kappa shape index (κ3) is 9.86. The molecule has 0 radical (unpaired) electrons. The van der Waals surface area contributed by atoms with Gasteiger partial charge in [-0.15, -0.1) is 32.9 Å².